The molecule has 3 heteroatoms. The molecule has 0 aliphatic rings. The zero-order valence-corrected chi connectivity index (χ0v) is 9.93. The van der Waals surface area contributed by atoms with Crippen molar-refractivity contribution in [3.05, 3.63) is 35.0 Å². The molecule has 0 spiro atoms. The highest BCUT2D eigenvalue weighted by Crippen LogP contribution is 2.22. The van der Waals surface area contributed by atoms with Crippen LogP contribution in [-0.2, 0) is 0 Å². The summed E-state index contributed by atoms with van der Waals surface area (Å²) in [7, 11) is 0. The third kappa shape index (κ3) is 2.57. The van der Waals surface area contributed by atoms with Gasteiger partial charge in [0.15, 0.2) is 5.76 Å². The molecule has 0 unspecified atom stereocenters. The van der Waals surface area contributed by atoms with Crippen LogP contribution >= 0.6 is 11.6 Å². The molecule has 2 aromatic rings. The molecule has 2 nitrogen and oxygen atoms in total. The van der Waals surface area contributed by atoms with Gasteiger partial charge in [-0.05, 0) is 38.0 Å². The van der Waals surface area contributed by atoms with Crippen LogP contribution in [-0.4, -0.2) is 5.54 Å². The second-order valence-corrected chi connectivity index (χ2v) is 4.70. The van der Waals surface area contributed by atoms with Crippen molar-refractivity contribution in [1.29, 1.82) is 0 Å². The fraction of sp³-hybridized carbons (Fsp3) is 0.231. The van der Waals surface area contributed by atoms with Crippen LogP contribution in [0.15, 0.2) is 28.7 Å². The highest BCUT2D eigenvalue weighted by Gasteiger charge is 2.05. The minimum absolute atomic E-state index is 0.517. The molecule has 0 amide bonds. The first kappa shape index (κ1) is 11.1. The maximum absolute atomic E-state index is 5.88. The first-order valence-corrected chi connectivity index (χ1v) is 5.33. The highest BCUT2D eigenvalue weighted by molar-refractivity contribution is 6.31. The van der Waals surface area contributed by atoms with E-state index in [1.807, 2.05) is 32.0 Å². The van der Waals surface area contributed by atoms with E-state index in [1.165, 1.54) is 0 Å². The van der Waals surface area contributed by atoms with Crippen molar-refractivity contribution in [2.45, 2.75) is 19.4 Å². The molecule has 0 bridgehead atoms. The number of hydrogen-bond acceptors (Lipinski definition) is 2. The summed E-state index contributed by atoms with van der Waals surface area (Å²) in [6, 6.07) is 7.33. The number of benzene rings is 1. The Hall–Kier alpha value is -1.43. The van der Waals surface area contributed by atoms with Gasteiger partial charge in [-0.3, -0.25) is 0 Å². The third-order valence-electron chi connectivity index (χ3n) is 1.99. The molecule has 2 N–H and O–H groups in total. The van der Waals surface area contributed by atoms with Gasteiger partial charge in [-0.25, -0.2) is 0 Å². The number of furan rings is 1. The van der Waals surface area contributed by atoms with E-state index < -0.39 is 5.54 Å². The molecule has 0 saturated heterocycles. The van der Waals surface area contributed by atoms with E-state index in [9.17, 15) is 0 Å². The largest absolute Gasteiger partial charge is 0.448 e. The molecule has 0 radical (unpaired) electrons. The first-order valence-electron chi connectivity index (χ1n) is 4.95. The van der Waals surface area contributed by atoms with E-state index in [-0.39, 0.29) is 0 Å². The number of halogens is 1. The summed E-state index contributed by atoms with van der Waals surface area (Å²) < 4.78 is 5.53. The summed E-state index contributed by atoms with van der Waals surface area (Å²) >= 11 is 5.88. The van der Waals surface area contributed by atoms with Gasteiger partial charge in [0.25, 0.3) is 0 Å². The molecular weight excluding hydrogens is 222 g/mol. The van der Waals surface area contributed by atoms with Crippen molar-refractivity contribution in [2.75, 3.05) is 0 Å². The van der Waals surface area contributed by atoms with Crippen molar-refractivity contribution in [1.82, 2.24) is 0 Å². The van der Waals surface area contributed by atoms with Gasteiger partial charge in [-0.2, -0.15) is 0 Å². The van der Waals surface area contributed by atoms with Crippen LogP contribution in [0.2, 0.25) is 5.02 Å². The van der Waals surface area contributed by atoms with Gasteiger partial charge < -0.3 is 10.2 Å². The zero-order valence-electron chi connectivity index (χ0n) is 9.17. The number of hydrogen-bond donors (Lipinski definition) is 1. The van der Waals surface area contributed by atoms with Crippen LogP contribution in [0.25, 0.3) is 11.0 Å². The number of nitrogens with two attached hydrogens (primary N) is 1. The molecule has 0 atom stereocenters. The molecule has 0 aliphatic heterocycles. The molecule has 0 saturated carbocycles. The average molecular weight is 234 g/mol. The predicted molar refractivity (Wildman–Crippen MR) is 66.4 cm³/mol. The maximum Gasteiger partial charge on any atom is 0.178 e. The Bertz CT molecular complexity index is 581. The molecular formula is C13H12ClNO. The normalized spacial score (nSPS) is 11.2. The quantitative estimate of drug-likeness (QED) is 0.710. The van der Waals surface area contributed by atoms with E-state index in [2.05, 4.69) is 11.8 Å². The Kier molecular flexibility index (Phi) is 2.67. The van der Waals surface area contributed by atoms with Crippen molar-refractivity contribution in [3.63, 3.8) is 0 Å². The second-order valence-electron chi connectivity index (χ2n) is 4.26. The van der Waals surface area contributed by atoms with Crippen molar-refractivity contribution in [3.8, 4) is 11.8 Å². The molecule has 1 heterocycles. The highest BCUT2D eigenvalue weighted by atomic mass is 35.5. The Morgan fingerprint density at radius 2 is 2.06 bits per heavy atom. The van der Waals surface area contributed by atoms with Gasteiger partial charge in [0, 0.05) is 16.5 Å². The Balaban J connectivity index is 2.43. The monoisotopic (exact) mass is 233 g/mol. The van der Waals surface area contributed by atoms with Crippen molar-refractivity contribution < 1.29 is 4.42 Å². The van der Waals surface area contributed by atoms with Crippen LogP contribution < -0.4 is 5.73 Å². The van der Waals surface area contributed by atoms with Crippen LogP contribution in [0.1, 0.15) is 19.6 Å². The van der Waals surface area contributed by atoms with Crippen LogP contribution in [0.4, 0.5) is 0 Å². The Labute approximate surface area is 99.4 Å². The summed E-state index contributed by atoms with van der Waals surface area (Å²) in [6.45, 7) is 3.69. The minimum Gasteiger partial charge on any atom is -0.448 e. The molecule has 2 rings (SSSR count). The molecule has 0 fully saturated rings. The van der Waals surface area contributed by atoms with Gasteiger partial charge in [0.2, 0.25) is 0 Å². The Morgan fingerprint density at radius 1 is 1.31 bits per heavy atom. The maximum atomic E-state index is 5.88. The molecule has 1 aromatic heterocycles. The van der Waals surface area contributed by atoms with Gasteiger partial charge in [-0.1, -0.05) is 17.5 Å². The summed E-state index contributed by atoms with van der Waals surface area (Å²) in [4.78, 5) is 0. The summed E-state index contributed by atoms with van der Waals surface area (Å²) in [5.41, 5.74) is 6.03. The number of rotatable bonds is 0. The average Bonchev–Trinajstić information content (AvgIpc) is 2.55. The van der Waals surface area contributed by atoms with Crippen LogP contribution in [0.5, 0.6) is 0 Å². The lowest BCUT2D eigenvalue weighted by atomic mass is 10.1. The predicted octanol–water partition coefficient (Wildman–Crippen LogP) is 3.18. The third-order valence-corrected chi connectivity index (χ3v) is 2.22. The SMILES string of the molecule is CC(C)(N)C#Cc1cc2cc(Cl)ccc2o1. The molecule has 16 heavy (non-hydrogen) atoms. The topological polar surface area (TPSA) is 39.2 Å². The van der Waals surface area contributed by atoms with E-state index in [0.29, 0.717) is 10.8 Å². The van der Waals surface area contributed by atoms with E-state index in [1.54, 1.807) is 6.07 Å². The fourth-order valence-electron chi connectivity index (χ4n) is 1.30. The van der Waals surface area contributed by atoms with Crippen molar-refractivity contribution >= 4 is 22.6 Å². The van der Waals surface area contributed by atoms with Gasteiger partial charge in [0.1, 0.15) is 5.58 Å². The summed E-state index contributed by atoms with van der Waals surface area (Å²) in [5.74, 6) is 6.43. The van der Waals surface area contributed by atoms with E-state index >= 15 is 0 Å². The lowest BCUT2D eigenvalue weighted by Gasteiger charge is -2.06. The fourth-order valence-corrected chi connectivity index (χ4v) is 1.48. The van der Waals surface area contributed by atoms with Crippen molar-refractivity contribution in [2.24, 2.45) is 5.73 Å². The van der Waals surface area contributed by atoms with Crippen LogP contribution in [0.3, 0.4) is 0 Å². The zero-order chi connectivity index (χ0) is 11.8. The van der Waals surface area contributed by atoms with Gasteiger partial charge in [-0.15, -0.1) is 0 Å². The smallest absolute Gasteiger partial charge is 0.178 e. The lowest BCUT2D eigenvalue weighted by Crippen LogP contribution is -2.29. The summed E-state index contributed by atoms with van der Waals surface area (Å²) in [5, 5.41) is 1.64. The van der Waals surface area contributed by atoms with Gasteiger partial charge in [0.05, 0.1) is 5.54 Å². The Morgan fingerprint density at radius 3 is 2.75 bits per heavy atom. The second kappa shape index (κ2) is 3.86. The van der Waals surface area contributed by atoms with Crippen LogP contribution in [0, 0.1) is 11.8 Å². The molecule has 0 aliphatic carbocycles. The number of fused-ring (bicyclic) bond motifs is 1. The molecule has 82 valence electrons. The standard InChI is InChI=1S/C13H12ClNO/c1-13(2,15)6-5-11-8-9-7-10(14)3-4-12(9)16-11/h3-4,7-8H,15H2,1-2H3. The van der Waals surface area contributed by atoms with Gasteiger partial charge >= 0.3 is 0 Å². The van der Waals surface area contributed by atoms with E-state index in [4.69, 9.17) is 21.8 Å². The minimum atomic E-state index is -0.517. The van der Waals surface area contributed by atoms with E-state index in [0.717, 1.165) is 11.0 Å². The molecule has 1 aromatic carbocycles. The lowest BCUT2D eigenvalue weighted by molar-refractivity contribution is 0.599. The first-order chi connectivity index (χ1) is 7.44. The summed E-state index contributed by atoms with van der Waals surface area (Å²) in [6.07, 6.45) is 0.